The second-order valence-electron chi connectivity index (χ2n) is 6.40. The number of amides is 1. The summed E-state index contributed by atoms with van der Waals surface area (Å²) in [7, 11) is -3.36. The van der Waals surface area contributed by atoms with Crippen LogP contribution in [0, 0.1) is 0 Å². The molecule has 0 spiro atoms. The van der Waals surface area contributed by atoms with Gasteiger partial charge in [0, 0.05) is 19.1 Å². The van der Waals surface area contributed by atoms with Gasteiger partial charge in [0.1, 0.15) is 0 Å². The summed E-state index contributed by atoms with van der Waals surface area (Å²) >= 11 is 0. The van der Waals surface area contributed by atoms with Crippen LogP contribution < -0.4 is 4.72 Å². The van der Waals surface area contributed by atoms with Crippen molar-refractivity contribution in [3.63, 3.8) is 0 Å². The van der Waals surface area contributed by atoms with E-state index in [0.717, 1.165) is 12.5 Å². The summed E-state index contributed by atoms with van der Waals surface area (Å²) in [5.41, 5.74) is -1.32. The van der Waals surface area contributed by atoms with Crippen molar-refractivity contribution in [2.45, 2.75) is 44.8 Å². The van der Waals surface area contributed by atoms with Crippen LogP contribution in [-0.2, 0) is 16.2 Å². The van der Waals surface area contributed by atoms with Gasteiger partial charge in [-0.3, -0.25) is 4.79 Å². The molecule has 0 radical (unpaired) electrons. The maximum absolute atomic E-state index is 13.1. The first-order valence-electron chi connectivity index (χ1n) is 8.59. The number of nitrogens with zero attached hydrogens (tertiary/aromatic N) is 1. The standard InChI is InChI=1S/C17H23F3N2O3S/c1-2-3-12-26(24,25)21-13-8-10-22(11-9-13)16(23)14-6-4-5-7-15(14)17(18,19)20/h4-7,13,21H,2-3,8-12H2,1H3. The molecule has 1 aliphatic rings. The molecule has 1 aliphatic heterocycles. The van der Waals surface area contributed by atoms with E-state index in [2.05, 4.69) is 4.72 Å². The van der Waals surface area contributed by atoms with Gasteiger partial charge < -0.3 is 4.90 Å². The van der Waals surface area contributed by atoms with Gasteiger partial charge in [0.05, 0.1) is 16.9 Å². The van der Waals surface area contributed by atoms with E-state index >= 15 is 0 Å². The van der Waals surface area contributed by atoms with E-state index in [1.54, 1.807) is 0 Å². The molecule has 5 nitrogen and oxygen atoms in total. The lowest BCUT2D eigenvalue weighted by Gasteiger charge is -2.32. The zero-order chi connectivity index (χ0) is 19.4. The number of halogens is 3. The lowest BCUT2D eigenvalue weighted by atomic mass is 10.0. The highest BCUT2D eigenvalue weighted by Crippen LogP contribution is 2.32. The topological polar surface area (TPSA) is 66.5 Å². The summed E-state index contributed by atoms with van der Waals surface area (Å²) in [6.45, 7) is 2.33. The van der Waals surface area contributed by atoms with Gasteiger partial charge in [0.25, 0.3) is 5.91 Å². The first-order chi connectivity index (χ1) is 12.1. The molecule has 1 N–H and O–H groups in total. The fraction of sp³-hybridized carbons (Fsp3) is 0.588. The summed E-state index contributed by atoms with van der Waals surface area (Å²) in [5.74, 6) is -0.619. The van der Waals surface area contributed by atoms with Crippen molar-refractivity contribution in [3.05, 3.63) is 35.4 Å². The molecule has 1 amide bonds. The van der Waals surface area contributed by atoms with Gasteiger partial charge in [0.2, 0.25) is 10.0 Å². The van der Waals surface area contributed by atoms with Crippen LogP contribution in [0.1, 0.15) is 48.5 Å². The molecule has 1 fully saturated rings. The van der Waals surface area contributed by atoms with Crippen LogP contribution in [0.4, 0.5) is 13.2 Å². The van der Waals surface area contributed by atoms with Crippen LogP contribution in [0.5, 0.6) is 0 Å². The molecule has 1 saturated heterocycles. The number of sulfonamides is 1. The summed E-state index contributed by atoms with van der Waals surface area (Å²) in [6.07, 6.45) is -2.50. The lowest BCUT2D eigenvalue weighted by Crippen LogP contribution is -2.47. The molecule has 1 heterocycles. The van der Waals surface area contributed by atoms with Crippen molar-refractivity contribution in [2.75, 3.05) is 18.8 Å². The molecule has 0 bridgehead atoms. The van der Waals surface area contributed by atoms with E-state index in [0.29, 0.717) is 19.3 Å². The fourth-order valence-electron chi connectivity index (χ4n) is 2.93. The van der Waals surface area contributed by atoms with Crippen LogP contribution in [-0.4, -0.2) is 44.1 Å². The Morgan fingerprint density at radius 3 is 2.42 bits per heavy atom. The number of unbranched alkanes of at least 4 members (excludes halogenated alkanes) is 1. The quantitative estimate of drug-likeness (QED) is 0.809. The summed E-state index contributed by atoms with van der Waals surface area (Å²) in [6, 6.07) is 4.42. The number of carbonyl (C=O) groups excluding carboxylic acids is 1. The highest BCUT2D eigenvalue weighted by molar-refractivity contribution is 7.89. The summed E-state index contributed by atoms with van der Waals surface area (Å²) in [5, 5.41) is 0. The number of likely N-dealkylation sites (tertiary alicyclic amines) is 1. The van der Waals surface area contributed by atoms with Crippen LogP contribution in [0.2, 0.25) is 0 Å². The van der Waals surface area contributed by atoms with Gasteiger partial charge in [-0.15, -0.1) is 0 Å². The summed E-state index contributed by atoms with van der Waals surface area (Å²) in [4.78, 5) is 13.8. The third-order valence-electron chi connectivity index (χ3n) is 4.36. The molecule has 0 aliphatic carbocycles. The second kappa shape index (κ2) is 8.39. The number of nitrogens with one attached hydrogen (secondary N) is 1. The number of benzene rings is 1. The largest absolute Gasteiger partial charge is 0.417 e. The Hall–Kier alpha value is -1.61. The Morgan fingerprint density at radius 2 is 1.85 bits per heavy atom. The van der Waals surface area contributed by atoms with E-state index in [-0.39, 0.29) is 30.4 Å². The van der Waals surface area contributed by atoms with Gasteiger partial charge in [-0.1, -0.05) is 25.5 Å². The molecule has 26 heavy (non-hydrogen) atoms. The molecule has 2 rings (SSSR count). The third-order valence-corrected chi connectivity index (χ3v) is 5.88. The first kappa shape index (κ1) is 20.7. The zero-order valence-electron chi connectivity index (χ0n) is 14.6. The normalized spacial score (nSPS) is 16.7. The number of piperidine rings is 1. The molecule has 1 aromatic rings. The zero-order valence-corrected chi connectivity index (χ0v) is 15.4. The highest BCUT2D eigenvalue weighted by Gasteiger charge is 2.36. The van der Waals surface area contributed by atoms with E-state index < -0.39 is 27.7 Å². The van der Waals surface area contributed by atoms with Crippen LogP contribution in [0.15, 0.2) is 24.3 Å². The van der Waals surface area contributed by atoms with E-state index in [9.17, 15) is 26.4 Å². The van der Waals surface area contributed by atoms with Crippen LogP contribution in [0.25, 0.3) is 0 Å². The molecule has 0 saturated carbocycles. The van der Waals surface area contributed by atoms with Crippen LogP contribution in [0.3, 0.4) is 0 Å². The first-order valence-corrected chi connectivity index (χ1v) is 10.2. The van der Waals surface area contributed by atoms with Crippen molar-refractivity contribution in [1.29, 1.82) is 0 Å². The van der Waals surface area contributed by atoms with Gasteiger partial charge in [0.15, 0.2) is 0 Å². The van der Waals surface area contributed by atoms with E-state index in [1.165, 1.54) is 23.1 Å². The van der Waals surface area contributed by atoms with E-state index in [4.69, 9.17) is 0 Å². The minimum atomic E-state index is -4.60. The average Bonchev–Trinajstić information content (AvgIpc) is 2.59. The monoisotopic (exact) mass is 392 g/mol. The molecule has 0 aromatic heterocycles. The van der Waals surface area contributed by atoms with Gasteiger partial charge >= 0.3 is 6.18 Å². The number of hydrogen-bond acceptors (Lipinski definition) is 3. The molecular formula is C17H23F3N2O3S. The number of hydrogen-bond donors (Lipinski definition) is 1. The lowest BCUT2D eigenvalue weighted by molar-refractivity contribution is -0.138. The second-order valence-corrected chi connectivity index (χ2v) is 8.27. The van der Waals surface area contributed by atoms with Crippen LogP contribution >= 0.6 is 0 Å². The minimum absolute atomic E-state index is 0.0571. The van der Waals surface area contributed by atoms with Gasteiger partial charge in [-0.25, -0.2) is 13.1 Å². The Bertz CT molecular complexity index is 727. The van der Waals surface area contributed by atoms with E-state index in [1.807, 2.05) is 6.92 Å². The van der Waals surface area contributed by atoms with Crippen molar-refractivity contribution in [1.82, 2.24) is 9.62 Å². The maximum Gasteiger partial charge on any atom is 0.417 e. The fourth-order valence-corrected chi connectivity index (χ4v) is 4.46. The predicted octanol–water partition coefficient (Wildman–Crippen LogP) is 3.03. The van der Waals surface area contributed by atoms with Gasteiger partial charge in [-0.05, 0) is 31.4 Å². The van der Waals surface area contributed by atoms with Crippen molar-refractivity contribution < 1.29 is 26.4 Å². The molecule has 0 atom stereocenters. The Kier molecular flexibility index (Phi) is 6.68. The smallest absolute Gasteiger partial charge is 0.339 e. The van der Waals surface area contributed by atoms with Crippen molar-refractivity contribution >= 4 is 15.9 Å². The Labute approximate surface area is 151 Å². The average molecular weight is 392 g/mol. The minimum Gasteiger partial charge on any atom is -0.339 e. The maximum atomic E-state index is 13.1. The van der Waals surface area contributed by atoms with Crippen molar-refractivity contribution in [2.24, 2.45) is 0 Å². The molecule has 146 valence electrons. The number of alkyl halides is 3. The molecule has 9 heteroatoms. The molecular weight excluding hydrogens is 369 g/mol. The van der Waals surface area contributed by atoms with Crippen molar-refractivity contribution in [3.8, 4) is 0 Å². The Morgan fingerprint density at radius 1 is 1.23 bits per heavy atom. The molecule has 1 aromatic carbocycles. The molecule has 0 unspecified atom stereocenters. The Balaban J connectivity index is 1.99. The predicted molar refractivity (Wildman–Crippen MR) is 92.2 cm³/mol. The summed E-state index contributed by atoms with van der Waals surface area (Å²) < 4.78 is 65.7. The number of carbonyl (C=O) groups is 1. The third kappa shape index (κ3) is 5.44. The number of rotatable bonds is 6. The van der Waals surface area contributed by atoms with Gasteiger partial charge in [-0.2, -0.15) is 13.2 Å². The highest BCUT2D eigenvalue weighted by atomic mass is 32.2. The SMILES string of the molecule is CCCCS(=O)(=O)NC1CCN(C(=O)c2ccccc2C(F)(F)F)CC1.